The fourth-order valence-corrected chi connectivity index (χ4v) is 4.39. The van der Waals surface area contributed by atoms with Gasteiger partial charge in [-0.25, -0.2) is 4.98 Å². The van der Waals surface area contributed by atoms with Crippen molar-refractivity contribution in [3.63, 3.8) is 0 Å². The Balaban J connectivity index is 1.51. The number of aliphatic hydroxyl groups is 1. The molecule has 142 valence electrons. The van der Waals surface area contributed by atoms with Gasteiger partial charge in [-0.1, -0.05) is 0 Å². The van der Waals surface area contributed by atoms with E-state index in [-0.39, 0.29) is 11.5 Å². The highest BCUT2D eigenvalue weighted by molar-refractivity contribution is 7.99. The SMILES string of the molecule is NC(CCSCC1CN(Cc2c[nH]c3c(=O)[nH]cnc23)CC1O)C(=O)O. The van der Waals surface area contributed by atoms with Crippen molar-refractivity contribution in [3.05, 3.63) is 28.4 Å². The first-order valence-corrected chi connectivity index (χ1v) is 9.61. The molecule has 0 bridgehead atoms. The van der Waals surface area contributed by atoms with Crippen LogP contribution in [0.3, 0.4) is 0 Å². The first-order valence-electron chi connectivity index (χ1n) is 8.46. The number of hydrogen-bond acceptors (Lipinski definition) is 7. The van der Waals surface area contributed by atoms with Crippen LogP contribution in [0.1, 0.15) is 12.0 Å². The van der Waals surface area contributed by atoms with E-state index in [1.807, 2.05) is 0 Å². The fraction of sp³-hybridized carbons (Fsp3) is 0.562. The number of aromatic amines is 2. The van der Waals surface area contributed by atoms with E-state index in [1.54, 1.807) is 18.0 Å². The smallest absolute Gasteiger partial charge is 0.320 e. The number of β-amino-alcohol motifs (C(OH)–C–C–N with tert-alkyl or cyclic N) is 1. The van der Waals surface area contributed by atoms with Crippen LogP contribution in [0.5, 0.6) is 0 Å². The number of nitrogens with one attached hydrogen (secondary N) is 2. The second kappa shape index (κ2) is 8.21. The predicted octanol–water partition coefficient (Wildman–Crippen LogP) is -0.421. The van der Waals surface area contributed by atoms with Crippen LogP contribution in [0.25, 0.3) is 11.0 Å². The maximum atomic E-state index is 11.7. The van der Waals surface area contributed by atoms with Crippen molar-refractivity contribution in [3.8, 4) is 0 Å². The Morgan fingerprint density at radius 2 is 2.27 bits per heavy atom. The molecule has 9 nitrogen and oxygen atoms in total. The zero-order valence-corrected chi connectivity index (χ0v) is 15.0. The van der Waals surface area contributed by atoms with Gasteiger partial charge in [-0.3, -0.25) is 14.5 Å². The average Bonchev–Trinajstić information content (AvgIpc) is 3.16. The number of fused-ring (bicyclic) bond motifs is 1. The minimum atomic E-state index is -0.983. The van der Waals surface area contributed by atoms with Gasteiger partial charge in [0.25, 0.3) is 5.56 Å². The largest absolute Gasteiger partial charge is 0.480 e. The highest BCUT2D eigenvalue weighted by Gasteiger charge is 2.31. The van der Waals surface area contributed by atoms with Crippen molar-refractivity contribution in [1.29, 1.82) is 0 Å². The van der Waals surface area contributed by atoms with E-state index in [9.17, 15) is 14.7 Å². The number of aliphatic hydroxyl groups excluding tert-OH is 1. The summed E-state index contributed by atoms with van der Waals surface area (Å²) >= 11 is 1.62. The zero-order valence-electron chi connectivity index (χ0n) is 14.2. The van der Waals surface area contributed by atoms with Crippen molar-refractivity contribution in [2.24, 2.45) is 11.7 Å². The van der Waals surface area contributed by atoms with Gasteiger partial charge in [-0.15, -0.1) is 0 Å². The number of nitrogens with zero attached hydrogens (tertiary/aromatic N) is 2. The molecule has 0 aromatic carbocycles. The molecule has 26 heavy (non-hydrogen) atoms. The highest BCUT2D eigenvalue weighted by atomic mass is 32.2. The monoisotopic (exact) mass is 381 g/mol. The molecule has 3 rings (SSSR count). The first kappa shape index (κ1) is 18.9. The Hall–Kier alpha value is -1.88. The lowest BCUT2D eigenvalue weighted by Gasteiger charge is -2.15. The normalized spacial score (nSPS) is 22.1. The molecule has 3 heterocycles. The zero-order chi connectivity index (χ0) is 18.7. The Labute approximate surface area is 154 Å². The van der Waals surface area contributed by atoms with Gasteiger partial charge in [0.05, 0.1) is 17.9 Å². The van der Waals surface area contributed by atoms with Crippen LogP contribution in [-0.2, 0) is 11.3 Å². The Bertz CT molecular complexity index is 822. The van der Waals surface area contributed by atoms with Crippen LogP contribution in [0, 0.1) is 5.92 Å². The van der Waals surface area contributed by atoms with E-state index in [4.69, 9.17) is 10.8 Å². The molecule has 10 heteroatoms. The van der Waals surface area contributed by atoms with E-state index >= 15 is 0 Å². The maximum absolute atomic E-state index is 11.7. The summed E-state index contributed by atoms with van der Waals surface area (Å²) in [4.78, 5) is 34.3. The second-order valence-corrected chi connectivity index (χ2v) is 7.75. The molecule has 0 saturated carbocycles. The molecule has 1 aliphatic rings. The van der Waals surface area contributed by atoms with Crippen LogP contribution in [0.2, 0.25) is 0 Å². The Morgan fingerprint density at radius 3 is 3.04 bits per heavy atom. The lowest BCUT2D eigenvalue weighted by atomic mass is 10.1. The average molecular weight is 381 g/mol. The van der Waals surface area contributed by atoms with Gasteiger partial charge < -0.3 is 25.9 Å². The number of aliphatic carboxylic acids is 1. The summed E-state index contributed by atoms with van der Waals surface area (Å²) < 4.78 is 0. The third kappa shape index (κ3) is 4.26. The molecule has 1 fully saturated rings. The van der Waals surface area contributed by atoms with Crippen LogP contribution in [-0.4, -0.2) is 72.8 Å². The van der Waals surface area contributed by atoms with E-state index in [0.717, 1.165) is 17.9 Å². The highest BCUT2D eigenvalue weighted by Crippen LogP contribution is 2.24. The molecule has 6 N–H and O–H groups in total. The van der Waals surface area contributed by atoms with E-state index in [2.05, 4.69) is 19.9 Å². The molecule has 0 radical (unpaired) electrons. The van der Waals surface area contributed by atoms with Crippen molar-refractivity contribution >= 4 is 28.8 Å². The van der Waals surface area contributed by atoms with E-state index < -0.39 is 18.1 Å². The first-order chi connectivity index (χ1) is 12.5. The lowest BCUT2D eigenvalue weighted by molar-refractivity contribution is -0.138. The van der Waals surface area contributed by atoms with Gasteiger partial charge in [0.2, 0.25) is 0 Å². The van der Waals surface area contributed by atoms with Gasteiger partial charge in [0.1, 0.15) is 11.6 Å². The summed E-state index contributed by atoms with van der Waals surface area (Å²) in [6.07, 6.45) is 3.18. The molecule has 0 amide bonds. The number of hydrogen-bond donors (Lipinski definition) is 5. The van der Waals surface area contributed by atoms with Crippen LogP contribution >= 0.6 is 11.8 Å². The maximum Gasteiger partial charge on any atom is 0.320 e. The minimum absolute atomic E-state index is 0.127. The number of carboxylic acids is 1. The summed E-state index contributed by atoms with van der Waals surface area (Å²) in [6.45, 7) is 1.92. The molecule has 1 saturated heterocycles. The minimum Gasteiger partial charge on any atom is -0.480 e. The van der Waals surface area contributed by atoms with Crippen LogP contribution in [0.15, 0.2) is 17.3 Å². The summed E-state index contributed by atoms with van der Waals surface area (Å²) in [6, 6.07) is -0.829. The lowest BCUT2D eigenvalue weighted by Crippen LogP contribution is -2.30. The van der Waals surface area contributed by atoms with Crippen molar-refractivity contribution in [2.75, 3.05) is 24.6 Å². The number of H-pyrrole nitrogens is 2. The van der Waals surface area contributed by atoms with E-state index in [1.165, 1.54) is 6.33 Å². The van der Waals surface area contributed by atoms with Gasteiger partial charge in [0.15, 0.2) is 0 Å². The third-order valence-electron chi connectivity index (χ3n) is 4.65. The summed E-state index contributed by atoms with van der Waals surface area (Å²) in [5.74, 6) is 0.563. The predicted molar refractivity (Wildman–Crippen MR) is 99.0 cm³/mol. The number of aromatic nitrogens is 3. The summed E-state index contributed by atoms with van der Waals surface area (Å²) in [5.41, 5.74) is 7.34. The van der Waals surface area contributed by atoms with Gasteiger partial charge in [-0.05, 0) is 17.9 Å². The number of thioether (sulfide) groups is 1. The standard InChI is InChI=1S/C16H23N5O4S/c17-11(16(24)25)1-2-26-7-10-5-21(6-12(10)22)4-9-3-18-14-13(9)19-8-20-15(14)23/h3,8,10-12,18,22H,1-2,4-7,17H2,(H,24,25)(H,19,20,23). The molecule has 1 aliphatic heterocycles. The number of rotatable bonds is 8. The van der Waals surface area contributed by atoms with E-state index in [0.29, 0.717) is 36.3 Å². The Morgan fingerprint density at radius 1 is 1.46 bits per heavy atom. The van der Waals surface area contributed by atoms with Crippen molar-refractivity contribution in [1.82, 2.24) is 19.9 Å². The van der Waals surface area contributed by atoms with Crippen molar-refractivity contribution in [2.45, 2.75) is 25.1 Å². The number of carboxylic acid groups (broad SMARTS) is 1. The summed E-state index contributed by atoms with van der Waals surface area (Å²) in [5, 5.41) is 19.1. The molecule has 3 atom stereocenters. The number of nitrogens with two attached hydrogens (primary N) is 1. The molecule has 2 aromatic rings. The van der Waals surface area contributed by atoms with Gasteiger partial charge in [-0.2, -0.15) is 11.8 Å². The second-order valence-electron chi connectivity index (χ2n) is 6.60. The molecular formula is C16H23N5O4S. The topological polar surface area (TPSA) is 148 Å². The van der Waals surface area contributed by atoms with Crippen LogP contribution < -0.4 is 11.3 Å². The fourth-order valence-electron chi connectivity index (χ4n) is 3.17. The molecular weight excluding hydrogens is 358 g/mol. The molecule has 2 aromatic heterocycles. The molecule has 0 aliphatic carbocycles. The Kier molecular flexibility index (Phi) is 5.97. The number of likely N-dealkylation sites (tertiary alicyclic amines) is 1. The summed E-state index contributed by atoms with van der Waals surface area (Å²) in [7, 11) is 0. The third-order valence-corrected chi connectivity index (χ3v) is 5.83. The quantitative estimate of drug-likeness (QED) is 0.387. The van der Waals surface area contributed by atoms with Crippen molar-refractivity contribution < 1.29 is 15.0 Å². The van der Waals surface area contributed by atoms with Crippen LogP contribution in [0.4, 0.5) is 0 Å². The number of carbonyl (C=O) groups is 1. The molecule has 3 unspecified atom stereocenters. The van der Waals surface area contributed by atoms with Gasteiger partial charge >= 0.3 is 5.97 Å². The van der Waals surface area contributed by atoms with Gasteiger partial charge in [0, 0.05) is 37.3 Å². The molecule has 0 spiro atoms.